The average Bonchev–Trinajstić information content (AvgIpc) is 2.67. The molecule has 3 nitrogen and oxygen atoms in total. The zero-order valence-electron chi connectivity index (χ0n) is 15.7. The van der Waals surface area contributed by atoms with Crippen molar-refractivity contribution >= 4 is 5.97 Å². The molecule has 0 amide bonds. The van der Waals surface area contributed by atoms with E-state index < -0.39 is 5.97 Å². The van der Waals surface area contributed by atoms with Gasteiger partial charge in [0.2, 0.25) is 0 Å². The predicted molar refractivity (Wildman–Crippen MR) is 105 cm³/mol. The van der Waals surface area contributed by atoms with Crippen LogP contribution < -0.4 is 4.74 Å². The first-order valence-corrected chi connectivity index (χ1v) is 9.67. The highest BCUT2D eigenvalue weighted by atomic mass is 16.5. The average molecular weight is 354 g/mol. The van der Waals surface area contributed by atoms with E-state index in [0.717, 1.165) is 42.6 Å². The van der Waals surface area contributed by atoms with Gasteiger partial charge >= 0.3 is 5.97 Å². The SMILES string of the molecule is CCCCCCC(CCc1ccc(OCc2ccccc2)cc1)C(=O)O. The molecular formula is C23H30O3. The number of ether oxygens (including phenoxy) is 1. The van der Waals surface area contributed by atoms with E-state index in [2.05, 4.69) is 6.92 Å². The molecule has 0 bridgehead atoms. The number of carboxylic acid groups (broad SMARTS) is 1. The summed E-state index contributed by atoms with van der Waals surface area (Å²) in [6.07, 6.45) is 6.79. The molecule has 2 aromatic rings. The lowest BCUT2D eigenvalue weighted by Crippen LogP contribution is -2.14. The van der Waals surface area contributed by atoms with Crippen molar-refractivity contribution in [1.82, 2.24) is 0 Å². The third kappa shape index (κ3) is 7.30. The molecule has 140 valence electrons. The van der Waals surface area contributed by atoms with Crippen molar-refractivity contribution in [3.05, 3.63) is 65.7 Å². The van der Waals surface area contributed by atoms with Crippen molar-refractivity contribution in [2.24, 2.45) is 5.92 Å². The molecule has 2 aromatic carbocycles. The Morgan fingerprint density at radius 2 is 1.65 bits per heavy atom. The van der Waals surface area contributed by atoms with E-state index >= 15 is 0 Å². The lowest BCUT2D eigenvalue weighted by Gasteiger charge is -2.12. The van der Waals surface area contributed by atoms with Gasteiger partial charge in [0.05, 0.1) is 5.92 Å². The number of hydrogen-bond donors (Lipinski definition) is 1. The number of rotatable bonds is 12. The smallest absolute Gasteiger partial charge is 0.306 e. The largest absolute Gasteiger partial charge is 0.489 e. The first-order chi connectivity index (χ1) is 12.7. The van der Waals surface area contributed by atoms with Gasteiger partial charge in [0.15, 0.2) is 0 Å². The number of aryl methyl sites for hydroxylation is 1. The van der Waals surface area contributed by atoms with E-state index in [1.54, 1.807) is 0 Å². The fourth-order valence-electron chi connectivity index (χ4n) is 3.04. The van der Waals surface area contributed by atoms with Crippen LogP contribution in [0.2, 0.25) is 0 Å². The monoisotopic (exact) mass is 354 g/mol. The molecule has 0 heterocycles. The summed E-state index contributed by atoms with van der Waals surface area (Å²) >= 11 is 0. The van der Waals surface area contributed by atoms with Gasteiger partial charge in [-0.15, -0.1) is 0 Å². The molecule has 0 aliphatic rings. The Morgan fingerprint density at radius 3 is 2.31 bits per heavy atom. The highest BCUT2D eigenvalue weighted by Crippen LogP contribution is 2.20. The molecule has 3 heteroatoms. The molecule has 1 atom stereocenters. The van der Waals surface area contributed by atoms with Gasteiger partial charge in [0.1, 0.15) is 12.4 Å². The van der Waals surface area contributed by atoms with Crippen LogP contribution in [0, 0.1) is 5.92 Å². The van der Waals surface area contributed by atoms with Crippen molar-refractivity contribution in [3.63, 3.8) is 0 Å². The normalized spacial score (nSPS) is 11.9. The van der Waals surface area contributed by atoms with E-state index in [9.17, 15) is 9.90 Å². The maximum absolute atomic E-state index is 11.4. The third-order valence-electron chi connectivity index (χ3n) is 4.71. The lowest BCUT2D eigenvalue weighted by atomic mass is 9.94. The van der Waals surface area contributed by atoms with Crippen LogP contribution >= 0.6 is 0 Å². The summed E-state index contributed by atoms with van der Waals surface area (Å²) in [6, 6.07) is 18.1. The second-order valence-corrected chi connectivity index (χ2v) is 6.84. The van der Waals surface area contributed by atoms with Crippen LogP contribution in [0.3, 0.4) is 0 Å². The van der Waals surface area contributed by atoms with Crippen LogP contribution in [-0.4, -0.2) is 11.1 Å². The van der Waals surface area contributed by atoms with Gasteiger partial charge in [-0.1, -0.05) is 75.1 Å². The molecule has 2 rings (SSSR count). The Hall–Kier alpha value is -2.29. The number of unbranched alkanes of at least 4 members (excludes halogenated alkanes) is 3. The summed E-state index contributed by atoms with van der Waals surface area (Å²) in [5.74, 6) is -0.0582. The zero-order valence-corrected chi connectivity index (χ0v) is 15.7. The summed E-state index contributed by atoms with van der Waals surface area (Å²) in [7, 11) is 0. The Labute approximate surface area is 157 Å². The molecule has 1 N–H and O–H groups in total. The molecule has 26 heavy (non-hydrogen) atoms. The van der Waals surface area contributed by atoms with Crippen LogP contribution in [0.15, 0.2) is 54.6 Å². The van der Waals surface area contributed by atoms with Crippen LogP contribution in [0.1, 0.15) is 56.6 Å². The predicted octanol–water partition coefficient (Wildman–Crippen LogP) is 5.87. The Morgan fingerprint density at radius 1 is 0.923 bits per heavy atom. The second-order valence-electron chi connectivity index (χ2n) is 6.84. The molecule has 0 fully saturated rings. The Bertz CT molecular complexity index is 634. The zero-order chi connectivity index (χ0) is 18.6. The molecule has 0 saturated carbocycles. The first kappa shape index (κ1) is 20.0. The molecule has 1 unspecified atom stereocenters. The Balaban J connectivity index is 1.77. The first-order valence-electron chi connectivity index (χ1n) is 9.67. The van der Waals surface area contributed by atoms with E-state index in [0.29, 0.717) is 13.0 Å². The number of carboxylic acids is 1. The van der Waals surface area contributed by atoms with Crippen molar-refractivity contribution in [2.75, 3.05) is 0 Å². The Kier molecular flexibility index (Phi) is 8.74. The number of carbonyl (C=O) groups is 1. The number of hydrogen-bond acceptors (Lipinski definition) is 2. The summed E-state index contributed by atoms with van der Waals surface area (Å²) < 4.78 is 5.79. The molecule has 0 radical (unpaired) electrons. The van der Waals surface area contributed by atoms with Crippen molar-refractivity contribution in [1.29, 1.82) is 0 Å². The van der Waals surface area contributed by atoms with Crippen LogP contribution in [0.25, 0.3) is 0 Å². The van der Waals surface area contributed by atoms with E-state index in [-0.39, 0.29) is 5.92 Å². The quantitative estimate of drug-likeness (QED) is 0.485. The maximum Gasteiger partial charge on any atom is 0.306 e. The minimum atomic E-state index is -0.663. The van der Waals surface area contributed by atoms with Crippen molar-refractivity contribution < 1.29 is 14.6 Å². The molecule has 0 saturated heterocycles. The van der Waals surface area contributed by atoms with Gasteiger partial charge in [0.25, 0.3) is 0 Å². The molecule has 0 aliphatic carbocycles. The fraction of sp³-hybridized carbons (Fsp3) is 0.435. The van der Waals surface area contributed by atoms with Gasteiger partial charge in [-0.05, 0) is 42.5 Å². The van der Waals surface area contributed by atoms with Gasteiger partial charge in [-0.2, -0.15) is 0 Å². The summed E-state index contributed by atoms with van der Waals surface area (Å²) in [6.45, 7) is 2.72. The summed E-state index contributed by atoms with van der Waals surface area (Å²) in [5.41, 5.74) is 2.31. The van der Waals surface area contributed by atoms with Crippen LogP contribution in [-0.2, 0) is 17.8 Å². The van der Waals surface area contributed by atoms with Crippen LogP contribution in [0.4, 0.5) is 0 Å². The highest BCUT2D eigenvalue weighted by molar-refractivity contribution is 5.69. The third-order valence-corrected chi connectivity index (χ3v) is 4.71. The highest BCUT2D eigenvalue weighted by Gasteiger charge is 2.16. The number of aliphatic carboxylic acids is 1. The van der Waals surface area contributed by atoms with Gasteiger partial charge in [-0.25, -0.2) is 0 Å². The standard InChI is InChI=1S/C23H30O3/c1-2-3-4-8-11-21(23(24)25)15-12-19-13-16-22(17-14-19)26-18-20-9-6-5-7-10-20/h5-7,9-10,13-14,16-17,21H,2-4,8,11-12,15,18H2,1H3,(H,24,25). The number of benzene rings is 2. The molecule has 0 aliphatic heterocycles. The van der Waals surface area contributed by atoms with Gasteiger partial charge in [0, 0.05) is 0 Å². The second kappa shape index (κ2) is 11.3. The molecule has 0 aromatic heterocycles. The minimum absolute atomic E-state index is 0.235. The fourth-order valence-corrected chi connectivity index (χ4v) is 3.04. The topological polar surface area (TPSA) is 46.5 Å². The summed E-state index contributed by atoms with van der Waals surface area (Å²) in [4.78, 5) is 11.4. The molecule has 0 spiro atoms. The van der Waals surface area contributed by atoms with Gasteiger partial charge < -0.3 is 9.84 Å². The van der Waals surface area contributed by atoms with E-state index in [4.69, 9.17) is 4.74 Å². The lowest BCUT2D eigenvalue weighted by molar-refractivity contribution is -0.142. The van der Waals surface area contributed by atoms with E-state index in [1.165, 1.54) is 12.8 Å². The summed E-state index contributed by atoms with van der Waals surface area (Å²) in [5, 5.41) is 9.41. The van der Waals surface area contributed by atoms with E-state index in [1.807, 2.05) is 54.6 Å². The molecular weight excluding hydrogens is 324 g/mol. The minimum Gasteiger partial charge on any atom is -0.489 e. The van der Waals surface area contributed by atoms with Gasteiger partial charge in [-0.3, -0.25) is 4.79 Å². The van der Waals surface area contributed by atoms with Crippen molar-refractivity contribution in [3.8, 4) is 5.75 Å². The van der Waals surface area contributed by atoms with Crippen LogP contribution in [0.5, 0.6) is 5.75 Å². The van der Waals surface area contributed by atoms with Crippen molar-refractivity contribution in [2.45, 2.75) is 58.5 Å². The maximum atomic E-state index is 11.4.